The highest BCUT2D eigenvalue weighted by molar-refractivity contribution is 5.89. The maximum Gasteiger partial charge on any atom is 0.103 e. The summed E-state index contributed by atoms with van der Waals surface area (Å²) in [5.74, 6) is 0. The molecule has 2 aromatic heterocycles. The number of piperidine rings is 1. The molecule has 4 N–H and O–H groups in total. The Kier molecular flexibility index (Phi) is 6.66. The van der Waals surface area contributed by atoms with Gasteiger partial charge in [0.15, 0.2) is 0 Å². The lowest BCUT2D eigenvalue weighted by atomic mass is 10.1. The van der Waals surface area contributed by atoms with Gasteiger partial charge in [0, 0.05) is 46.8 Å². The van der Waals surface area contributed by atoms with Gasteiger partial charge in [-0.25, -0.2) is 0 Å². The van der Waals surface area contributed by atoms with Crippen molar-refractivity contribution in [2.45, 2.75) is 38.6 Å². The van der Waals surface area contributed by atoms with E-state index in [9.17, 15) is 5.26 Å². The number of rotatable bonds is 7. The standard InChI is InChI=1S/C25H30N6/c1-18-22-8-11-29-24(22)7-6-23(18)30-25-19(16-28-17-20(25)15-26)5-3-2-4-12-31-13-9-21(27)10-14-31/h3,5-8,11,16-17,21,29H,2,4,9-10,12-14,27H2,1H3,(H,28,30)/b5-3+. The molecule has 0 unspecified atom stereocenters. The summed E-state index contributed by atoms with van der Waals surface area (Å²) in [5.41, 5.74) is 11.5. The van der Waals surface area contributed by atoms with Gasteiger partial charge in [-0.1, -0.05) is 12.2 Å². The number of nitrogens with one attached hydrogen (secondary N) is 2. The SMILES string of the molecule is Cc1c(Nc2c(C#N)cncc2/C=C/CCCN2CCC(N)CC2)ccc2[nH]ccc12. The van der Waals surface area contributed by atoms with Crippen molar-refractivity contribution in [2.24, 2.45) is 5.73 Å². The van der Waals surface area contributed by atoms with Crippen LogP contribution in [0.3, 0.4) is 0 Å². The summed E-state index contributed by atoms with van der Waals surface area (Å²) in [6.07, 6.45) is 13.9. The summed E-state index contributed by atoms with van der Waals surface area (Å²) >= 11 is 0. The first kappa shape index (κ1) is 21.1. The van der Waals surface area contributed by atoms with Gasteiger partial charge < -0.3 is 20.9 Å². The Morgan fingerprint density at radius 3 is 2.94 bits per heavy atom. The van der Waals surface area contributed by atoms with Crippen molar-refractivity contribution in [3.8, 4) is 6.07 Å². The van der Waals surface area contributed by atoms with E-state index in [0.29, 0.717) is 11.6 Å². The van der Waals surface area contributed by atoms with E-state index in [2.05, 4.69) is 57.5 Å². The number of hydrogen-bond acceptors (Lipinski definition) is 5. The monoisotopic (exact) mass is 414 g/mol. The maximum absolute atomic E-state index is 9.63. The number of pyridine rings is 1. The number of nitrogens with two attached hydrogens (primary N) is 1. The zero-order valence-electron chi connectivity index (χ0n) is 18.1. The van der Waals surface area contributed by atoms with Gasteiger partial charge in [-0.15, -0.1) is 0 Å². The normalized spacial score (nSPS) is 15.5. The van der Waals surface area contributed by atoms with Crippen molar-refractivity contribution >= 4 is 28.4 Å². The molecule has 1 aliphatic rings. The van der Waals surface area contributed by atoms with E-state index >= 15 is 0 Å². The molecule has 0 bridgehead atoms. The van der Waals surface area contributed by atoms with Gasteiger partial charge in [0.05, 0.1) is 11.3 Å². The van der Waals surface area contributed by atoms with E-state index in [-0.39, 0.29) is 0 Å². The molecular weight excluding hydrogens is 384 g/mol. The average Bonchev–Trinajstić information content (AvgIpc) is 3.27. The van der Waals surface area contributed by atoms with E-state index in [0.717, 1.165) is 73.3 Å². The zero-order valence-corrected chi connectivity index (χ0v) is 18.1. The summed E-state index contributed by atoms with van der Waals surface area (Å²) in [4.78, 5) is 10.0. The molecule has 1 saturated heterocycles. The Morgan fingerprint density at radius 2 is 2.13 bits per heavy atom. The maximum atomic E-state index is 9.63. The third-order valence-corrected chi connectivity index (χ3v) is 6.13. The van der Waals surface area contributed by atoms with Crippen LogP contribution in [0.5, 0.6) is 0 Å². The molecule has 1 fully saturated rings. The lowest BCUT2D eigenvalue weighted by Crippen LogP contribution is -2.39. The van der Waals surface area contributed by atoms with Crippen LogP contribution in [0.15, 0.2) is 42.9 Å². The molecular formula is C25H30N6. The van der Waals surface area contributed by atoms with Crippen molar-refractivity contribution in [3.63, 3.8) is 0 Å². The number of aromatic amines is 1. The third kappa shape index (κ3) is 4.96. The molecule has 1 aliphatic heterocycles. The highest BCUT2D eigenvalue weighted by Gasteiger charge is 2.15. The Morgan fingerprint density at radius 1 is 1.29 bits per heavy atom. The summed E-state index contributed by atoms with van der Waals surface area (Å²) in [5, 5.41) is 14.3. The van der Waals surface area contributed by atoms with Gasteiger partial charge in [0.25, 0.3) is 0 Å². The second-order valence-corrected chi connectivity index (χ2v) is 8.29. The van der Waals surface area contributed by atoms with E-state index in [1.54, 1.807) is 6.20 Å². The van der Waals surface area contributed by atoms with E-state index in [1.165, 1.54) is 5.39 Å². The first-order valence-electron chi connectivity index (χ1n) is 11.0. The van der Waals surface area contributed by atoms with Gasteiger partial charge in [-0.05, 0) is 76.0 Å². The molecule has 0 atom stereocenters. The van der Waals surface area contributed by atoms with Gasteiger partial charge in [0.1, 0.15) is 6.07 Å². The molecule has 6 heteroatoms. The summed E-state index contributed by atoms with van der Waals surface area (Å²) in [6, 6.07) is 8.83. The molecule has 6 nitrogen and oxygen atoms in total. The predicted octanol–water partition coefficient (Wildman–Crippen LogP) is 4.70. The van der Waals surface area contributed by atoms with Crippen molar-refractivity contribution in [1.82, 2.24) is 14.9 Å². The van der Waals surface area contributed by atoms with Crippen LogP contribution in [0.1, 0.15) is 42.4 Å². The number of allylic oxidation sites excluding steroid dienone is 1. The second kappa shape index (κ2) is 9.78. The fourth-order valence-electron chi connectivity index (χ4n) is 4.20. The van der Waals surface area contributed by atoms with Crippen molar-refractivity contribution in [2.75, 3.05) is 25.0 Å². The van der Waals surface area contributed by atoms with Gasteiger partial charge >= 0.3 is 0 Å². The van der Waals surface area contributed by atoms with Gasteiger partial charge in [-0.3, -0.25) is 4.98 Å². The van der Waals surface area contributed by atoms with Crippen LogP contribution in [0.25, 0.3) is 17.0 Å². The molecule has 0 saturated carbocycles. The summed E-state index contributed by atoms with van der Waals surface area (Å²) in [7, 11) is 0. The number of unbranched alkanes of at least 4 members (excludes halogenated alkanes) is 1. The van der Waals surface area contributed by atoms with Crippen LogP contribution in [0.4, 0.5) is 11.4 Å². The van der Waals surface area contributed by atoms with Gasteiger partial charge in [-0.2, -0.15) is 5.26 Å². The smallest absolute Gasteiger partial charge is 0.103 e. The Balaban J connectivity index is 1.45. The molecule has 0 aliphatic carbocycles. The minimum Gasteiger partial charge on any atom is -0.361 e. The largest absolute Gasteiger partial charge is 0.361 e. The number of likely N-dealkylation sites (tertiary alicyclic amines) is 1. The lowest BCUT2D eigenvalue weighted by molar-refractivity contribution is 0.211. The molecule has 4 rings (SSSR count). The molecule has 1 aromatic carbocycles. The Bertz CT molecular complexity index is 1100. The quantitative estimate of drug-likeness (QED) is 0.487. The van der Waals surface area contributed by atoms with Crippen LogP contribution in [0, 0.1) is 18.3 Å². The van der Waals surface area contributed by atoms with E-state index in [1.807, 2.05) is 18.5 Å². The minimum absolute atomic E-state index is 0.378. The fraction of sp³-hybridized carbons (Fsp3) is 0.360. The average molecular weight is 415 g/mol. The highest BCUT2D eigenvalue weighted by atomic mass is 15.1. The van der Waals surface area contributed by atoms with Crippen molar-refractivity contribution < 1.29 is 0 Å². The number of H-pyrrole nitrogens is 1. The van der Waals surface area contributed by atoms with Crippen LogP contribution in [-0.4, -0.2) is 40.5 Å². The number of fused-ring (bicyclic) bond motifs is 1. The number of anilines is 2. The van der Waals surface area contributed by atoms with Crippen LogP contribution < -0.4 is 11.1 Å². The predicted molar refractivity (Wildman–Crippen MR) is 127 cm³/mol. The van der Waals surface area contributed by atoms with E-state index < -0.39 is 0 Å². The molecule has 31 heavy (non-hydrogen) atoms. The molecule has 0 spiro atoms. The number of hydrogen-bond donors (Lipinski definition) is 3. The summed E-state index contributed by atoms with van der Waals surface area (Å²) in [6.45, 7) is 5.42. The zero-order chi connectivity index (χ0) is 21.6. The number of aromatic nitrogens is 2. The topological polar surface area (TPSA) is 93.8 Å². The number of aryl methyl sites for hydroxylation is 1. The second-order valence-electron chi connectivity index (χ2n) is 8.29. The fourth-order valence-corrected chi connectivity index (χ4v) is 4.20. The first-order chi connectivity index (χ1) is 15.2. The molecule has 0 amide bonds. The lowest BCUT2D eigenvalue weighted by Gasteiger charge is -2.29. The van der Waals surface area contributed by atoms with Crippen LogP contribution >= 0.6 is 0 Å². The van der Waals surface area contributed by atoms with Crippen LogP contribution in [-0.2, 0) is 0 Å². The molecule has 160 valence electrons. The van der Waals surface area contributed by atoms with Crippen molar-refractivity contribution in [1.29, 1.82) is 5.26 Å². The number of nitriles is 1. The van der Waals surface area contributed by atoms with Crippen molar-refractivity contribution in [3.05, 3.63) is 59.6 Å². The Hall–Kier alpha value is -3.14. The molecule has 0 radical (unpaired) electrons. The third-order valence-electron chi connectivity index (χ3n) is 6.13. The minimum atomic E-state index is 0.378. The Labute approximate surface area is 183 Å². The molecule has 3 aromatic rings. The molecule has 3 heterocycles. The summed E-state index contributed by atoms with van der Waals surface area (Å²) < 4.78 is 0. The number of benzene rings is 1. The highest BCUT2D eigenvalue weighted by Crippen LogP contribution is 2.30. The van der Waals surface area contributed by atoms with E-state index in [4.69, 9.17) is 5.73 Å². The number of nitrogens with zero attached hydrogens (tertiary/aromatic N) is 3. The first-order valence-corrected chi connectivity index (χ1v) is 11.0. The van der Waals surface area contributed by atoms with Crippen LogP contribution in [0.2, 0.25) is 0 Å². The van der Waals surface area contributed by atoms with Gasteiger partial charge in [0.2, 0.25) is 0 Å².